The molecule has 2 heterocycles. The van der Waals surface area contributed by atoms with Gasteiger partial charge in [0.2, 0.25) is 11.1 Å². The van der Waals surface area contributed by atoms with E-state index in [0.29, 0.717) is 5.16 Å². The van der Waals surface area contributed by atoms with Gasteiger partial charge in [0.05, 0.1) is 17.6 Å². The molecule has 0 spiro atoms. The molecule has 0 radical (unpaired) electrons. The van der Waals surface area contributed by atoms with Gasteiger partial charge in [0.1, 0.15) is 16.8 Å². The largest absolute Gasteiger partial charge is 0.496 e. The second kappa shape index (κ2) is 8.31. The number of amides is 1. The predicted molar refractivity (Wildman–Crippen MR) is 122 cm³/mol. The number of fused-ring (bicyclic) bond motifs is 1. The molecule has 156 valence electrons. The second-order valence-corrected chi connectivity index (χ2v) is 9.23. The third kappa shape index (κ3) is 4.04. The number of hydrogen-bond donors (Lipinski definition) is 2. The van der Waals surface area contributed by atoms with E-state index in [2.05, 4.69) is 42.9 Å². The lowest BCUT2D eigenvalue weighted by Crippen LogP contribution is -2.41. The molecule has 1 aromatic heterocycles. The molecular weight excluding hydrogens is 466 g/mol. The summed E-state index contributed by atoms with van der Waals surface area (Å²) in [4.78, 5) is 13.3. The van der Waals surface area contributed by atoms with E-state index in [1.54, 1.807) is 7.11 Å². The fraction of sp³-hybridized carbons (Fsp3) is 0.286. The monoisotopic (exact) mass is 487 g/mol. The molecule has 0 aliphatic carbocycles. The zero-order chi connectivity index (χ0) is 21.4. The van der Waals surface area contributed by atoms with E-state index in [4.69, 9.17) is 4.74 Å². The summed E-state index contributed by atoms with van der Waals surface area (Å²) in [6.07, 6.45) is 0. The first-order valence-electron chi connectivity index (χ1n) is 9.43. The van der Waals surface area contributed by atoms with Crippen LogP contribution in [-0.4, -0.2) is 33.1 Å². The summed E-state index contributed by atoms with van der Waals surface area (Å²) >= 11 is 4.95. The Kier molecular flexibility index (Phi) is 5.75. The lowest BCUT2D eigenvalue weighted by molar-refractivity contribution is -0.116. The van der Waals surface area contributed by atoms with Crippen molar-refractivity contribution in [3.63, 3.8) is 0 Å². The maximum Gasteiger partial charge on any atom is 0.240 e. The number of carbonyl (C=O) groups is 1. The topological polar surface area (TPSA) is 81.1 Å². The van der Waals surface area contributed by atoms with E-state index in [1.165, 1.54) is 11.8 Å². The number of anilines is 1. The number of carbonyl (C=O) groups excluding carboxylic acids is 1. The molecule has 0 saturated carbocycles. The molecule has 2 aromatic carbocycles. The molecule has 2 atom stereocenters. The quantitative estimate of drug-likeness (QED) is 0.568. The number of ether oxygens (including phenoxy) is 1. The minimum atomic E-state index is -0.442. The number of methoxy groups -OCH3 is 1. The lowest BCUT2D eigenvalue weighted by atomic mass is 10.0. The molecule has 4 rings (SSSR count). The van der Waals surface area contributed by atoms with Gasteiger partial charge >= 0.3 is 0 Å². The molecular formula is C21H22BrN5O2S. The van der Waals surface area contributed by atoms with Crippen LogP contribution in [0.5, 0.6) is 5.75 Å². The zero-order valence-corrected chi connectivity index (χ0v) is 19.5. The molecule has 0 fully saturated rings. The summed E-state index contributed by atoms with van der Waals surface area (Å²) in [7, 11) is 1.63. The SMILES string of the molecule is COc1ccc([C@H]2Nn3c(C)nnc3S[C@H]2C(=O)Nc2cc(C)cc(C)c2)cc1Br. The molecule has 1 amide bonds. The summed E-state index contributed by atoms with van der Waals surface area (Å²) in [5.41, 5.74) is 7.36. The highest BCUT2D eigenvalue weighted by atomic mass is 79.9. The third-order valence-corrected chi connectivity index (χ3v) is 6.72. The molecule has 2 N–H and O–H groups in total. The van der Waals surface area contributed by atoms with Gasteiger partial charge < -0.3 is 15.5 Å². The Labute approximate surface area is 187 Å². The standard InChI is InChI=1S/C21H22BrN5O2S/c1-11-7-12(2)9-15(8-11)23-20(28)19-18(14-5-6-17(29-4)16(22)10-14)26-27-13(3)24-25-21(27)30-19/h5-10,18-19,26H,1-4H3,(H,23,28)/t18-,19-/m1/s1. The van der Waals surface area contributed by atoms with Gasteiger partial charge in [-0.15, -0.1) is 10.2 Å². The highest BCUT2D eigenvalue weighted by Gasteiger charge is 2.37. The van der Waals surface area contributed by atoms with Crippen molar-refractivity contribution in [3.05, 3.63) is 63.4 Å². The number of nitrogens with zero attached hydrogens (tertiary/aromatic N) is 3. The second-order valence-electron chi connectivity index (χ2n) is 7.27. The first kappa shape index (κ1) is 20.7. The average Bonchev–Trinajstić information content (AvgIpc) is 3.06. The number of benzene rings is 2. The van der Waals surface area contributed by atoms with E-state index < -0.39 is 5.25 Å². The number of thioether (sulfide) groups is 1. The van der Waals surface area contributed by atoms with Crippen LogP contribution in [0.3, 0.4) is 0 Å². The Morgan fingerprint density at radius 1 is 1.17 bits per heavy atom. The first-order chi connectivity index (χ1) is 14.4. The van der Waals surface area contributed by atoms with Crippen LogP contribution in [0.15, 0.2) is 46.0 Å². The van der Waals surface area contributed by atoms with Crippen molar-refractivity contribution in [1.82, 2.24) is 14.9 Å². The number of aryl methyl sites for hydroxylation is 3. The molecule has 1 aliphatic rings. The van der Waals surface area contributed by atoms with Gasteiger partial charge in [0, 0.05) is 5.69 Å². The fourth-order valence-electron chi connectivity index (χ4n) is 3.55. The van der Waals surface area contributed by atoms with Gasteiger partial charge in [0.25, 0.3) is 0 Å². The summed E-state index contributed by atoms with van der Waals surface area (Å²) in [5, 5.41) is 11.6. The van der Waals surface area contributed by atoms with Gasteiger partial charge in [-0.25, -0.2) is 4.68 Å². The molecule has 7 nitrogen and oxygen atoms in total. The van der Waals surface area contributed by atoms with E-state index in [1.807, 2.05) is 55.8 Å². The number of halogens is 1. The van der Waals surface area contributed by atoms with E-state index in [-0.39, 0.29) is 11.9 Å². The van der Waals surface area contributed by atoms with Gasteiger partial charge in [-0.2, -0.15) is 0 Å². The summed E-state index contributed by atoms with van der Waals surface area (Å²) < 4.78 is 8.00. The van der Waals surface area contributed by atoms with Gasteiger partial charge in [-0.3, -0.25) is 4.79 Å². The van der Waals surface area contributed by atoms with Crippen LogP contribution in [0.25, 0.3) is 0 Å². The van der Waals surface area contributed by atoms with Gasteiger partial charge in [-0.05, 0) is 77.7 Å². The van der Waals surface area contributed by atoms with Crippen molar-refractivity contribution >= 4 is 39.3 Å². The van der Waals surface area contributed by atoms with Crippen LogP contribution in [0, 0.1) is 20.8 Å². The fourth-order valence-corrected chi connectivity index (χ4v) is 5.23. The van der Waals surface area contributed by atoms with Crippen molar-refractivity contribution in [1.29, 1.82) is 0 Å². The highest BCUT2D eigenvalue weighted by molar-refractivity contribution is 9.10. The molecule has 1 aliphatic heterocycles. The maximum absolute atomic E-state index is 13.3. The Morgan fingerprint density at radius 3 is 2.57 bits per heavy atom. The van der Waals surface area contributed by atoms with Gasteiger partial charge in [0.15, 0.2) is 0 Å². The van der Waals surface area contributed by atoms with E-state index >= 15 is 0 Å². The number of hydrogen-bond acceptors (Lipinski definition) is 6. The molecule has 9 heteroatoms. The Balaban J connectivity index is 1.69. The minimum Gasteiger partial charge on any atom is -0.496 e. The molecule has 0 saturated heterocycles. The molecule has 0 bridgehead atoms. The summed E-state index contributed by atoms with van der Waals surface area (Å²) in [5.74, 6) is 1.38. The maximum atomic E-state index is 13.3. The van der Waals surface area contributed by atoms with Crippen molar-refractivity contribution in [3.8, 4) is 5.75 Å². The highest BCUT2D eigenvalue weighted by Crippen LogP contribution is 2.39. The number of aromatic nitrogens is 3. The van der Waals surface area contributed by atoms with Crippen molar-refractivity contribution in [2.24, 2.45) is 0 Å². The van der Waals surface area contributed by atoms with Crippen molar-refractivity contribution < 1.29 is 9.53 Å². The zero-order valence-electron chi connectivity index (χ0n) is 17.1. The Bertz CT molecular complexity index is 1100. The van der Waals surface area contributed by atoms with Crippen molar-refractivity contribution in [2.45, 2.75) is 37.2 Å². The van der Waals surface area contributed by atoms with E-state index in [9.17, 15) is 4.79 Å². The summed E-state index contributed by atoms with van der Waals surface area (Å²) in [6.45, 7) is 5.91. The minimum absolute atomic E-state index is 0.0960. The number of nitrogens with one attached hydrogen (secondary N) is 2. The Hall–Kier alpha value is -2.52. The molecule has 30 heavy (non-hydrogen) atoms. The normalized spacial score (nSPS) is 17.8. The van der Waals surface area contributed by atoms with Crippen LogP contribution in [0.1, 0.15) is 28.6 Å². The van der Waals surface area contributed by atoms with Crippen LogP contribution >= 0.6 is 27.7 Å². The average molecular weight is 488 g/mol. The Morgan fingerprint density at radius 2 is 1.90 bits per heavy atom. The van der Waals surface area contributed by atoms with Crippen LogP contribution in [0.2, 0.25) is 0 Å². The predicted octanol–water partition coefficient (Wildman–Crippen LogP) is 4.37. The van der Waals surface area contributed by atoms with Crippen LogP contribution < -0.4 is 15.5 Å². The van der Waals surface area contributed by atoms with Crippen LogP contribution in [0.4, 0.5) is 5.69 Å². The number of rotatable bonds is 4. The first-order valence-corrected chi connectivity index (χ1v) is 11.1. The lowest BCUT2D eigenvalue weighted by Gasteiger charge is -2.33. The van der Waals surface area contributed by atoms with Crippen LogP contribution in [-0.2, 0) is 4.79 Å². The summed E-state index contributed by atoms with van der Waals surface area (Å²) in [6, 6.07) is 11.6. The smallest absolute Gasteiger partial charge is 0.240 e. The molecule has 0 unspecified atom stereocenters. The van der Waals surface area contributed by atoms with Crippen molar-refractivity contribution in [2.75, 3.05) is 17.9 Å². The van der Waals surface area contributed by atoms with Gasteiger partial charge in [-0.1, -0.05) is 23.9 Å². The third-order valence-electron chi connectivity index (χ3n) is 4.88. The molecule has 3 aromatic rings. The van der Waals surface area contributed by atoms with E-state index in [0.717, 1.165) is 38.4 Å².